The van der Waals surface area contributed by atoms with Crippen LogP contribution < -0.4 is 10.9 Å². The Labute approximate surface area is 180 Å². The van der Waals surface area contributed by atoms with Crippen LogP contribution in [0.25, 0.3) is 10.9 Å². The lowest BCUT2D eigenvalue weighted by Gasteiger charge is -2.12. The molecule has 2 heterocycles. The molecule has 7 heteroatoms. The molecule has 1 amide bonds. The molecule has 0 unspecified atom stereocenters. The lowest BCUT2D eigenvalue weighted by Crippen LogP contribution is -2.25. The Kier molecular flexibility index (Phi) is 5.84. The molecular formula is C24H25N3O4. The van der Waals surface area contributed by atoms with Gasteiger partial charge in [-0.15, -0.1) is 0 Å². The number of aromatic nitrogens is 2. The van der Waals surface area contributed by atoms with Gasteiger partial charge in [0.25, 0.3) is 11.5 Å². The van der Waals surface area contributed by atoms with E-state index in [4.69, 9.17) is 4.74 Å². The van der Waals surface area contributed by atoms with Crippen LogP contribution in [-0.2, 0) is 22.5 Å². The van der Waals surface area contributed by atoms with Gasteiger partial charge in [0, 0.05) is 18.7 Å². The number of aryl methyl sites for hydroxylation is 3. The molecule has 0 atom stereocenters. The average molecular weight is 419 g/mol. The summed E-state index contributed by atoms with van der Waals surface area (Å²) in [5, 5.41) is 3.27. The van der Waals surface area contributed by atoms with E-state index in [1.807, 2.05) is 32.0 Å². The van der Waals surface area contributed by atoms with Gasteiger partial charge >= 0.3 is 5.97 Å². The topological polar surface area (TPSA) is 90.3 Å². The number of carbonyl (C=O) groups excluding carboxylic acids is 2. The summed E-state index contributed by atoms with van der Waals surface area (Å²) in [4.78, 5) is 42.2. The first-order valence-corrected chi connectivity index (χ1v) is 10.5. The SMILES string of the molecule is Cc1cccc(C)c1NC(=O)COC(=O)c1ccc2c(=O)n3c(nc2c1)CCCCC3. The van der Waals surface area contributed by atoms with E-state index in [2.05, 4.69) is 10.3 Å². The molecule has 31 heavy (non-hydrogen) atoms. The summed E-state index contributed by atoms with van der Waals surface area (Å²) in [6.45, 7) is 4.08. The number of para-hydroxylation sites is 1. The van der Waals surface area contributed by atoms with Gasteiger partial charge in [-0.3, -0.25) is 14.2 Å². The number of anilines is 1. The molecular weight excluding hydrogens is 394 g/mol. The van der Waals surface area contributed by atoms with Crippen LogP contribution in [0.1, 0.15) is 46.6 Å². The van der Waals surface area contributed by atoms with Crippen LogP contribution in [0, 0.1) is 13.8 Å². The molecule has 1 aliphatic rings. The minimum Gasteiger partial charge on any atom is -0.452 e. The summed E-state index contributed by atoms with van der Waals surface area (Å²) in [5.74, 6) is -0.280. The zero-order valence-corrected chi connectivity index (χ0v) is 17.7. The zero-order valence-electron chi connectivity index (χ0n) is 17.7. The van der Waals surface area contributed by atoms with Gasteiger partial charge in [0.2, 0.25) is 0 Å². The Morgan fingerprint density at radius 3 is 2.65 bits per heavy atom. The summed E-state index contributed by atoms with van der Waals surface area (Å²) in [6.07, 6.45) is 3.78. The maximum Gasteiger partial charge on any atom is 0.338 e. The number of nitrogens with one attached hydrogen (secondary N) is 1. The van der Waals surface area contributed by atoms with Crippen LogP contribution in [0.15, 0.2) is 41.2 Å². The highest BCUT2D eigenvalue weighted by Gasteiger charge is 2.17. The van der Waals surface area contributed by atoms with Crippen molar-refractivity contribution in [3.63, 3.8) is 0 Å². The number of fused-ring (bicyclic) bond motifs is 2. The van der Waals surface area contributed by atoms with Crippen molar-refractivity contribution in [2.24, 2.45) is 0 Å². The lowest BCUT2D eigenvalue weighted by molar-refractivity contribution is -0.119. The fraction of sp³-hybridized carbons (Fsp3) is 0.333. The van der Waals surface area contributed by atoms with Crippen LogP contribution in [0.3, 0.4) is 0 Å². The van der Waals surface area contributed by atoms with E-state index >= 15 is 0 Å². The summed E-state index contributed by atoms with van der Waals surface area (Å²) in [7, 11) is 0. The molecule has 0 radical (unpaired) electrons. The van der Waals surface area contributed by atoms with Crippen molar-refractivity contribution < 1.29 is 14.3 Å². The van der Waals surface area contributed by atoms with Crippen LogP contribution in [0.2, 0.25) is 0 Å². The van der Waals surface area contributed by atoms with Gasteiger partial charge < -0.3 is 10.1 Å². The van der Waals surface area contributed by atoms with Gasteiger partial charge in [-0.1, -0.05) is 24.6 Å². The Morgan fingerprint density at radius 1 is 1.10 bits per heavy atom. The number of ether oxygens (including phenoxy) is 1. The first kappa shape index (κ1) is 20.8. The Morgan fingerprint density at radius 2 is 1.87 bits per heavy atom. The third-order valence-corrected chi connectivity index (χ3v) is 5.63. The van der Waals surface area contributed by atoms with Crippen molar-refractivity contribution in [3.8, 4) is 0 Å². The van der Waals surface area contributed by atoms with Crippen LogP contribution in [0.4, 0.5) is 5.69 Å². The number of hydrogen-bond acceptors (Lipinski definition) is 5. The number of nitrogens with zero attached hydrogens (tertiary/aromatic N) is 2. The third kappa shape index (κ3) is 4.35. The van der Waals surface area contributed by atoms with Crippen molar-refractivity contribution in [2.45, 2.75) is 46.1 Å². The average Bonchev–Trinajstić information content (AvgIpc) is 3.00. The maximum absolute atomic E-state index is 12.8. The second-order valence-electron chi connectivity index (χ2n) is 7.92. The van der Waals surface area contributed by atoms with E-state index < -0.39 is 18.5 Å². The largest absolute Gasteiger partial charge is 0.452 e. The number of carbonyl (C=O) groups is 2. The second kappa shape index (κ2) is 8.71. The van der Waals surface area contributed by atoms with E-state index in [9.17, 15) is 14.4 Å². The highest BCUT2D eigenvalue weighted by Crippen LogP contribution is 2.20. The Hall–Kier alpha value is -3.48. The van der Waals surface area contributed by atoms with E-state index in [1.54, 1.807) is 22.8 Å². The fourth-order valence-electron chi connectivity index (χ4n) is 3.95. The first-order valence-electron chi connectivity index (χ1n) is 10.5. The standard InChI is InChI=1S/C24H25N3O4/c1-15-7-6-8-16(2)22(15)26-21(28)14-31-24(30)17-10-11-18-19(13-17)25-20-9-4-3-5-12-27(20)23(18)29/h6-8,10-11,13H,3-5,9,12,14H2,1-2H3,(H,26,28). The highest BCUT2D eigenvalue weighted by atomic mass is 16.5. The smallest absolute Gasteiger partial charge is 0.338 e. The molecule has 1 N–H and O–H groups in total. The maximum atomic E-state index is 12.8. The van der Waals surface area contributed by atoms with Crippen LogP contribution in [-0.4, -0.2) is 28.0 Å². The molecule has 2 aromatic carbocycles. The van der Waals surface area contributed by atoms with Crippen molar-refractivity contribution >= 4 is 28.5 Å². The minimum absolute atomic E-state index is 0.0743. The predicted molar refractivity (Wildman–Crippen MR) is 118 cm³/mol. The summed E-state index contributed by atoms with van der Waals surface area (Å²) < 4.78 is 6.93. The van der Waals surface area contributed by atoms with Gasteiger partial charge in [0.15, 0.2) is 6.61 Å². The summed E-state index contributed by atoms with van der Waals surface area (Å²) in [6, 6.07) is 10.4. The molecule has 0 aliphatic carbocycles. The van der Waals surface area contributed by atoms with Crippen LogP contribution in [0.5, 0.6) is 0 Å². The number of esters is 1. The van der Waals surface area contributed by atoms with E-state index in [0.717, 1.165) is 48.3 Å². The number of benzene rings is 2. The second-order valence-corrected chi connectivity index (χ2v) is 7.92. The van der Waals surface area contributed by atoms with Gasteiger partial charge in [0.05, 0.1) is 16.5 Å². The van der Waals surface area contributed by atoms with Crippen LogP contribution >= 0.6 is 0 Å². The highest BCUT2D eigenvalue weighted by molar-refractivity contribution is 5.97. The van der Waals surface area contributed by atoms with Gasteiger partial charge in [0.1, 0.15) is 5.82 Å². The molecule has 0 saturated heterocycles. The molecule has 3 aromatic rings. The van der Waals surface area contributed by atoms with E-state index in [-0.39, 0.29) is 11.1 Å². The van der Waals surface area contributed by atoms with E-state index in [1.165, 1.54) is 0 Å². The zero-order chi connectivity index (χ0) is 22.0. The fourth-order valence-corrected chi connectivity index (χ4v) is 3.95. The summed E-state index contributed by atoms with van der Waals surface area (Å²) >= 11 is 0. The molecule has 0 saturated carbocycles. The molecule has 7 nitrogen and oxygen atoms in total. The van der Waals surface area contributed by atoms with Gasteiger partial charge in [-0.05, 0) is 56.0 Å². The molecule has 1 aliphatic heterocycles. The lowest BCUT2D eigenvalue weighted by atomic mass is 10.1. The van der Waals surface area contributed by atoms with Crippen molar-refractivity contribution in [1.29, 1.82) is 0 Å². The molecule has 0 fully saturated rings. The molecule has 0 bridgehead atoms. The Bertz CT molecular complexity index is 1210. The quantitative estimate of drug-likeness (QED) is 0.654. The van der Waals surface area contributed by atoms with Crippen molar-refractivity contribution in [1.82, 2.24) is 9.55 Å². The molecule has 0 spiro atoms. The van der Waals surface area contributed by atoms with Gasteiger partial charge in [-0.25, -0.2) is 9.78 Å². The molecule has 1 aromatic heterocycles. The third-order valence-electron chi connectivity index (χ3n) is 5.63. The van der Waals surface area contributed by atoms with E-state index in [0.29, 0.717) is 17.4 Å². The van der Waals surface area contributed by atoms with Gasteiger partial charge in [-0.2, -0.15) is 0 Å². The minimum atomic E-state index is -0.629. The van der Waals surface area contributed by atoms with Crippen molar-refractivity contribution in [2.75, 3.05) is 11.9 Å². The first-order chi connectivity index (χ1) is 14.9. The Balaban J connectivity index is 1.49. The number of amides is 1. The summed E-state index contributed by atoms with van der Waals surface area (Å²) in [5.41, 5.74) is 3.26. The molecule has 160 valence electrons. The molecule has 4 rings (SSSR count). The predicted octanol–water partition coefficient (Wildman–Crippen LogP) is 3.54. The van der Waals surface area contributed by atoms with Crippen molar-refractivity contribution in [3.05, 3.63) is 69.3 Å². The monoisotopic (exact) mass is 419 g/mol. The normalized spacial score (nSPS) is 13.4. The number of hydrogen-bond donors (Lipinski definition) is 1. The number of rotatable bonds is 4.